The number of H-pyrrole nitrogens is 1. The molecule has 0 aliphatic carbocycles. The summed E-state index contributed by atoms with van der Waals surface area (Å²) in [6.07, 6.45) is 1.87. The second-order valence-corrected chi connectivity index (χ2v) is 5.78. The monoisotopic (exact) mass is 339 g/mol. The van der Waals surface area contributed by atoms with Crippen molar-refractivity contribution in [2.75, 3.05) is 0 Å². The second kappa shape index (κ2) is 5.57. The summed E-state index contributed by atoms with van der Waals surface area (Å²) in [5, 5.41) is 11.2. The van der Waals surface area contributed by atoms with Gasteiger partial charge in [-0.2, -0.15) is 0 Å². The summed E-state index contributed by atoms with van der Waals surface area (Å²) >= 11 is 4.95. The Morgan fingerprint density at radius 1 is 1.33 bits per heavy atom. The molecule has 0 aliphatic rings. The molecule has 120 valence electrons. The Labute approximate surface area is 141 Å². The molecule has 24 heavy (non-hydrogen) atoms. The number of aromatic nitrogens is 4. The SMILES string of the molecule is CC(NC(=O)c1ccc2oc(=S)[nH]c2c1)c1nnc2ccccn12. The fourth-order valence-corrected chi connectivity index (χ4v) is 2.79. The van der Waals surface area contributed by atoms with E-state index in [4.69, 9.17) is 16.6 Å². The van der Waals surface area contributed by atoms with Crippen LogP contribution in [0.2, 0.25) is 0 Å². The van der Waals surface area contributed by atoms with Gasteiger partial charge >= 0.3 is 0 Å². The van der Waals surface area contributed by atoms with Crippen LogP contribution in [0.3, 0.4) is 0 Å². The lowest BCUT2D eigenvalue weighted by molar-refractivity contribution is 0.0938. The maximum Gasteiger partial charge on any atom is 0.266 e. The van der Waals surface area contributed by atoms with Crippen LogP contribution in [-0.2, 0) is 0 Å². The topological polar surface area (TPSA) is 88.2 Å². The number of carbonyl (C=O) groups excluding carboxylic acids is 1. The van der Waals surface area contributed by atoms with E-state index in [2.05, 4.69) is 20.5 Å². The van der Waals surface area contributed by atoms with Crippen molar-refractivity contribution in [3.8, 4) is 0 Å². The van der Waals surface area contributed by atoms with E-state index in [0.29, 0.717) is 22.5 Å². The maximum absolute atomic E-state index is 12.5. The molecular formula is C16H13N5O2S. The molecule has 2 N–H and O–H groups in total. The van der Waals surface area contributed by atoms with Gasteiger partial charge in [-0.25, -0.2) is 0 Å². The summed E-state index contributed by atoms with van der Waals surface area (Å²) in [6.45, 7) is 1.87. The van der Waals surface area contributed by atoms with Gasteiger partial charge in [0.15, 0.2) is 17.1 Å². The summed E-state index contributed by atoms with van der Waals surface area (Å²) in [4.78, 5) is 15.7. The summed E-state index contributed by atoms with van der Waals surface area (Å²) in [7, 11) is 0. The van der Waals surface area contributed by atoms with Gasteiger partial charge in [-0.3, -0.25) is 9.20 Å². The number of nitrogens with one attached hydrogen (secondary N) is 2. The average molecular weight is 339 g/mol. The molecule has 0 saturated carbocycles. The maximum atomic E-state index is 12.5. The molecule has 0 fully saturated rings. The van der Waals surface area contributed by atoms with Crippen molar-refractivity contribution in [1.29, 1.82) is 0 Å². The fourth-order valence-electron chi connectivity index (χ4n) is 2.59. The van der Waals surface area contributed by atoms with Crippen LogP contribution in [0.5, 0.6) is 0 Å². The van der Waals surface area contributed by atoms with Crippen LogP contribution in [-0.4, -0.2) is 25.5 Å². The second-order valence-electron chi connectivity index (χ2n) is 5.41. The highest BCUT2D eigenvalue weighted by Gasteiger charge is 2.17. The fraction of sp³-hybridized carbons (Fsp3) is 0.125. The molecule has 7 nitrogen and oxygen atoms in total. The molecule has 4 aromatic rings. The van der Waals surface area contributed by atoms with Crippen molar-refractivity contribution in [1.82, 2.24) is 24.9 Å². The predicted molar refractivity (Wildman–Crippen MR) is 90.3 cm³/mol. The minimum absolute atomic E-state index is 0.211. The molecule has 0 saturated heterocycles. The first-order chi connectivity index (χ1) is 11.6. The smallest absolute Gasteiger partial charge is 0.266 e. The first-order valence-corrected chi connectivity index (χ1v) is 7.76. The van der Waals surface area contributed by atoms with Gasteiger partial charge in [0.05, 0.1) is 11.6 Å². The van der Waals surface area contributed by atoms with Gasteiger partial charge in [-0.05, 0) is 49.5 Å². The lowest BCUT2D eigenvalue weighted by atomic mass is 10.2. The number of rotatable bonds is 3. The Bertz CT molecular complexity index is 1110. The Kier molecular flexibility index (Phi) is 3.39. The van der Waals surface area contributed by atoms with Crippen molar-refractivity contribution in [2.45, 2.75) is 13.0 Å². The van der Waals surface area contributed by atoms with Crippen molar-refractivity contribution in [3.05, 3.63) is 58.8 Å². The van der Waals surface area contributed by atoms with E-state index in [1.54, 1.807) is 18.2 Å². The van der Waals surface area contributed by atoms with Crippen LogP contribution in [0.15, 0.2) is 47.0 Å². The first-order valence-electron chi connectivity index (χ1n) is 7.35. The molecule has 1 unspecified atom stereocenters. The molecule has 0 aliphatic heterocycles. The van der Waals surface area contributed by atoms with Crippen LogP contribution < -0.4 is 5.32 Å². The summed E-state index contributed by atoms with van der Waals surface area (Å²) in [5.41, 5.74) is 2.55. The van der Waals surface area contributed by atoms with Gasteiger partial charge in [0.25, 0.3) is 10.7 Å². The minimum Gasteiger partial charge on any atom is -0.429 e. The normalized spacial score (nSPS) is 12.5. The lowest BCUT2D eigenvalue weighted by Crippen LogP contribution is -2.28. The Morgan fingerprint density at radius 2 is 2.21 bits per heavy atom. The molecule has 3 aromatic heterocycles. The third kappa shape index (κ3) is 2.46. The standard InChI is InChI=1S/C16H13N5O2S/c1-9(14-20-19-13-4-2-3-7-21(13)14)17-15(22)10-5-6-12-11(8-10)18-16(24)23-12/h2-9H,1H3,(H,17,22)(H,18,24). The van der Waals surface area contributed by atoms with Crippen LogP contribution in [0.25, 0.3) is 16.7 Å². The van der Waals surface area contributed by atoms with Gasteiger partial charge in [0.1, 0.15) is 0 Å². The Hall–Kier alpha value is -3.00. The van der Waals surface area contributed by atoms with E-state index in [-0.39, 0.29) is 16.8 Å². The molecule has 3 heterocycles. The molecule has 0 spiro atoms. The molecule has 8 heteroatoms. The largest absolute Gasteiger partial charge is 0.429 e. The summed E-state index contributed by atoms with van der Waals surface area (Å²) in [6, 6.07) is 10.5. The molecular weight excluding hydrogens is 326 g/mol. The quantitative estimate of drug-likeness (QED) is 0.560. The highest BCUT2D eigenvalue weighted by atomic mass is 32.1. The number of oxazole rings is 1. The van der Waals surface area contributed by atoms with Gasteiger partial charge < -0.3 is 14.7 Å². The molecule has 0 bridgehead atoms. The van der Waals surface area contributed by atoms with Crippen LogP contribution >= 0.6 is 12.2 Å². The third-order valence-electron chi connectivity index (χ3n) is 3.76. The number of amides is 1. The minimum atomic E-state index is -0.298. The van der Waals surface area contributed by atoms with E-state index in [1.165, 1.54) is 0 Å². The summed E-state index contributed by atoms with van der Waals surface area (Å²) in [5.74, 6) is 0.459. The van der Waals surface area contributed by atoms with Gasteiger partial charge in [0, 0.05) is 11.8 Å². The van der Waals surface area contributed by atoms with Gasteiger partial charge in [-0.1, -0.05) is 6.07 Å². The van der Waals surface area contributed by atoms with Crippen LogP contribution in [0.1, 0.15) is 29.1 Å². The van der Waals surface area contributed by atoms with Gasteiger partial charge in [-0.15, -0.1) is 10.2 Å². The van der Waals surface area contributed by atoms with Gasteiger partial charge in [0.2, 0.25) is 0 Å². The number of benzene rings is 1. The van der Waals surface area contributed by atoms with E-state index < -0.39 is 0 Å². The molecule has 1 amide bonds. The number of pyridine rings is 1. The van der Waals surface area contributed by atoms with Crippen LogP contribution in [0, 0.1) is 4.84 Å². The lowest BCUT2D eigenvalue weighted by Gasteiger charge is -2.12. The highest BCUT2D eigenvalue weighted by molar-refractivity contribution is 7.71. The van der Waals surface area contributed by atoms with Crippen molar-refractivity contribution < 1.29 is 9.21 Å². The number of carbonyl (C=O) groups is 1. The zero-order valence-corrected chi connectivity index (χ0v) is 13.5. The first kappa shape index (κ1) is 14.6. The average Bonchev–Trinajstić information content (AvgIpc) is 3.16. The number of hydrogen-bond acceptors (Lipinski definition) is 5. The molecule has 0 radical (unpaired) electrons. The highest BCUT2D eigenvalue weighted by Crippen LogP contribution is 2.17. The Balaban J connectivity index is 1.61. The molecule has 1 aromatic carbocycles. The predicted octanol–water partition coefficient (Wildman–Crippen LogP) is 3.02. The van der Waals surface area contributed by atoms with E-state index >= 15 is 0 Å². The van der Waals surface area contributed by atoms with Crippen LogP contribution in [0.4, 0.5) is 0 Å². The van der Waals surface area contributed by atoms with E-state index in [1.807, 2.05) is 35.7 Å². The zero-order chi connectivity index (χ0) is 16.7. The third-order valence-corrected chi connectivity index (χ3v) is 3.94. The molecule has 1 atom stereocenters. The van der Waals surface area contributed by atoms with E-state index in [0.717, 1.165) is 5.65 Å². The number of hydrogen-bond donors (Lipinski definition) is 2. The number of aromatic amines is 1. The zero-order valence-electron chi connectivity index (χ0n) is 12.7. The molecule has 4 rings (SSSR count). The van der Waals surface area contributed by atoms with E-state index in [9.17, 15) is 4.79 Å². The van der Waals surface area contributed by atoms with Crippen molar-refractivity contribution in [2.24, 2.45) is 0 Å². The number of nitrogens with zero attached hydrogens (tertiary/aromatic N) is 3. The Morgan fingerprint density at radius 3 is 3.08 bits per heavy atom. The number of fused-ring (bicyclic) bond motifs is 2. The summed E-state index contributed by atoms with van der Waals surface area (Å²) < 4.78 is 7.15. The van der Waals surface area contributed by atoms with Crippen molar-refractivity contribution >= 4 is 34.9 Å². The van der Waals surface area contributed by atoms with Crippen molar-refractivity contribution in [3.63, 3.8) is 0 Å².